The van der Waals surface area contributed by atoms with Crippen LogP contribution in [0.25, 0.3) is 11.1 Å². The van der Waals surface area contributed by atoms with E-state index in [2.05, 4.69) is 15.6 Å². The van der Waals surface area contributed by atoms with E-state index in [1.165, 1.54) is 12.0 Å². The second-order valence-corrected chi connectivity index (χ2v) is 8.59. The van der Waals surface area contributed by atoms with Gasteiger partial charge in [-0.25, -0.2) is 14.2 Å². The summed E-state index contributed by atoms with van der Waals surface area (Å²) in [4.78, 5) is 53.5. The number of halogens is 1. The van der Waals surface area contributed by atoms with E-state index in [-0.39, 0.29) is 23.1 Å². The fraction of sp³-hybridized carbons (Fsp3) is 0.292. The summed E-state index contributed by atoms with van der Waals surface area (Å²) < 4.78 is 24.1. The van der Waals surface area contributed by atoms with Crippen molar-refractivity contribution in [3.05, 3.63) is 52.7 Å². The number of pyridine rings is 1. The molecule has 5 heterocycles. The Labute approximate surface area is 204 Å². The number of benzene rings is 1. The molecule has 5 amide bonds. The number of amides is 5. The van der Waals surface area contributed by atoms with Gasteiger partial charge in [0.15, 0.2) is 23.2 Å². The van der Waals surface area contributed by atoms with Crippen molar-refractivity contribution in [3.8, 4) is 5.75 Å². The summed E-state index contributed by atoms with van der Waals surface area (Å²) in [6.07, 6.45) is 0.537. The molecule has 1 atom stereocenters. The summed E-state index contributed by atoms with van der Waals surface area (Å²) in [7, 11) is 3.03. The fourth-order valence-electron chi connectivity index (χ4n) is 4.31. The number of fused-ring (bicyclic) bond motifs is 2. The van der Waals surface area contributed by atoms with E-state index in [1.807, 2.05) is 6.92 Å². The quantitative estimate of drug-likeness (QED) is 0.420. The summed E-state index contributed by atoms with van der Waals surface area (Å²) in [5.74, 6) is -0.808. The Morgan fingerprint density at radius 3 is 2.58 bits per heavy atom. The molecule has 1 unspecified atom stereocenters. The lowest BCUT2D eigenvalue weighted by molar-refractivity contribution is -0.122. The molecule has 3 aromatic rings. The van der Waals surface area contributed by atoms with Crippen LogP contribution in [0.2, 0.25) is 0 Å². The average Bonchev–Trinajstić information content (AvgIpc) is 3.48. The molecule has 0 bridgehead atoms. The van der Waals surface area contributed by atoms with Crippen LogP contribution in [0.1, 0.15) is 39.8 Å². The smallest absolute Gasteiger partial charge is 0.322 e. The van der Waals surface area contributed by atoms with Crippen LogP contribution in [0.5, 0.6) is 5.75 Å². The number of rotatable bonds is 3. The highest BCUT2D eigenvalue weighted by molar-refractivity contribution is 6.05. The predicted octanol–water partition coefficient (Wildman–Crippen LogP) is 2.17. The first-order valence-corrected chi connectivity index (χ1v) is 11.1. The Hall–Kier alpha value is -4.48. The molecule has 11 nitrogen and oxygen atoms in total. The maximum absolute atomic E-state index is 13.6. The average molecular weight is 495 g/mol. The zero-order valence-electron chi connectivity index (χ0n) is 19.7. The van der Waals surface area contributed by atoms with Gasteiger partial charge in [0.1, 0.15) is 11.3 Å². The molecule has 36 heavy (non-hydrogen) atoms. The van der Waals surface area contributed by atoms with Crippen molar-refractivity contribution in [3.63, 3.8) is 0 Å². The van der Waals surface area contributed by atoms with E-state index in [4.69, 9.17) is 9.15 Å². The van der Waals surface area contributed by atoms with Gasteiger partial charge in [-0.1, -0.05) is 6.07 Å². The Morgan fingerprint density at radius 2 is 1.97 bits per heavy atom. The third-order valence-electron chi connectivity index (χ3n) is 6.27. The van der Waals surface area contributed by atoms with Crippen LogP contribution in [0.4, 0.5) is 14.9 Å². The Morgan fingerprint density at radius 1 is 1.19 bits per heavy atom. The molecule has 6 rings (SSSR count). The van der Waals surface area contributed by atoms with E-state index in [1.54, 1.807) is 36.2 Å². The lowest BCUT2D eigenvalue weighted by atomic mass is 10.1. The normalized spacial score (nSPS) is 18.5. The van der Waals surface area contributed by atoms with Crippen LogP contribution < -0.4 is 20.3 Å². The number of hydrogen-bond donors (Lipinski definition) is 2. The zero-order valence-corrected chi connectivity index (χ0v) is 19.7. The number of carbonyl (C=O) groups is 4. The summed E-state index contributed by atoms with van der Waals surface area (Å²) in [6.45, 7) is 2.95. The van der Waals surface area contributed by atoms with Crippen molar-refractivity contribution in [2.24, 2.45) is 0 Å². The van der Waals surface area contributed by atoms with Gasteiger partial charge in [-0.05, 0) is 18.6 Å². The minimum absolute atomic E-state index is 0.0541. The number of β-lactam (4-membered cyclic amide) rings is 1. The van der Waals surface area contributed by atoms with Crippen LogP contribution >= 0.6 is 0 Å². The number of anilines is 1. The van der Waals surface area contributed by atoms with Crippen molar-refractivity contribution in [2.75, 3.05) is 25.6 Å². The topological polar surface area (TPSA) is 134 Å². The number of nitrogens with one attached hydrogen (secondary N) is 2. The number of nitrogens with zero attached hydrogens (tertiary/aromatic N) is 3. The number of methoxy groups -OCH3 is 1. The molecule has 2 aromatic heterocycles. The Balaban J connectivity index is 0.000000165. The summed E-state index contributed by atoms with van der Waals surface area (Å²) in [5, 5.41) is 4.63. The van der Waals surface area contributed by atoms with Crippen molar-refractivity contribution in [1.29, 1.82) is 0 Å². The van der Waals surface area contributed by atoms with E-state index in [9.17, 15) is 23.6 Å². The number of aromatic nitrogens is 1. The molecule has 2 fully saturated rings. The molecular weight excluding hydrogens is 473 g/mol. The Kier molecular flexibility index (Phi) is 5.58. The number of urea groups is 1. The maximum Gasteiger partial charge on any atom is 0.322 e. The van der Waals surface area contributed by atoms with E-state index in [0.29, 0.717) is 47.8 Å². The molecular formula is C24H22FN5O6. The van der Waals surface area contributed by atoms with E-state index in [0.717, 1.165) is 5.56 Å². The molecule has 186 valence electrons. The van der Waals surface area contributed by atoms with Gasteiger partial charge in [-0.3, -0.25) is 19.7 Å². The first kappa shape index (κ1) is 23.3. The monoisotopic (exact) mass is 495 g/mol. The van der Waals surface area contributed by atoms with Crippen LogP contribution in [0.3, 0.4) is 0 Å². The van der Waals surface area contributed by atoms with Gasteiger partial charge < -0.3 is 24.3 Å². The van der Waals surface area contributed by atoms with Gasteiger partial charge in [0.25, 0.3) is 11.8 Å². The van der Waals surface area contributed by atoms with Crippen molar-refractivity contribution >= 4 is 40.5 Å². The number of ether oxygens (including phenoxy) is 1. The number of aryl methyl sites for hydroxylation is 1. The van der Waals surface area contributed by atoms with Crippen LogP contribution in [-0.4, -0.2) is 54.3 Å². The molecule has 0 radical (unpaired) electrons. The number of hydrogen-bond acceptors (Lipinski definition) is 7. The summed E-state index contributed by atoms with van der Waals surface area (Å²) in [5.41, 5.74) is 3.35. The largest absolute Gasteiger partial charge is 0.494 e. The molecule has 3 aliphatic rings. The standard InChI is InChI=1S/C14H12N4O4.C10H10FNO2/c1-6-8(18-3-2-11(18)19)5-9-7(15-6)4-10(22-9)12-13(20)17-14(21)16-12;1-12-5-6-3-4-7(14-2)9(11)8(6)10(12)13/h4-5,12H,2-3H2,1H3,(H2,16,17,20,21);3-4H,5H2,1-2H3. The lowest BCUT2D eigenvalue weighted by Gasteiger charge is -2.31. The number of carbonyl (C=O) groups excluding carboxylic acids is 4. The highest BCUT2D eigenvalue weighted by Gasteiger charge is 2.34. The van der Waals surface area contributed by atoms with E-state index < -0.39 is 23.8 Å². The highest BCUT2D eigenvalue weighted by atomic mass is 19.1. The Bertz CT molecular complexity index is 1450. The fourth-order valence-corrected chi connectivity index (χ4v) is 4.31. The first-order valence-electron chi connectivity index (χ1n) is 11.1. The van der Waals surface area contributed by atoms with Gasteiger partial charge >= 0.3 is 6.03 Å². The van der Waals surface area contributed by atoms with Crippen molar-refractivity contribution in [2.45, 2.75) is 25.9 Å². The third-order valence-corrected chi connectivity index (χ3v) is 6.27. The highest BCUT2D eigenvalue weighted by Crippen LogP contribution is 2.32. The van der Waals surface area contributed by atoms with Crippen LogP contribution in [-0.2, 0) is 16.1 Å². The lowest BCUT2D eigenvalue weighted by Crippen LogP contribution is -2.43. The molecule has 12 heteroatoms. The molecule has 0 spiro atoms. The van der Waals surface area contributed by atoms with E-state index >= 15 is 0 Å². The van der Waals surface area contributed by atoms with Gasteiger partial charge in [0.2, 0.25) is 5.91 Å². The maximum atomic E-state index is 13.6. The molecule has 0 aliphatic carbocycles. The molecule has 0 saturated carbocycles. The van der Waals surface area contributed by atoms with Gasteiger partial charge in [0, 0.05) is 38.7 Å². The minimum atomic E-state index is -0.851. The summed E-state index contributed by atoms with van der Waals surface area (Å²) in [6, 6.07) is 5.23. The van der Waals surface area contributed by atoms with Crippen molar-refractivity contribution in [1.82, 2.24) is 20.5 Å². The van der Waals surface area contributed by atoms with Crippen molar-refractivity contribution < 1.29 is 32.7 Å². The minimum Gasteiger partial charge on any atom is -0.494 e. The summed E-state index contributed by atoms with van der Waals surface area (Å²) >= 11 is 0. The number of imide groups is 1. The second kappa shape index (κ2) is 8.63. The SMILES string of the molecule is COc1ccc2c(c1F)C(=O)N(C)C2.Cc1nc2cc(C3NC(=O)NC3=O)oc2cc1N1CCC1=O. The molecule has 2 saturated heterocycles. The molecule has 3 aliphatic heterocycles. The molecule has 2 N–H and O–H groups in total. The number of furan rings is 1. The predicted molar refractivity (Wildman–Crippen MR) is 124 cm³/mol. The van der Waals surface area contributed by atoms with Gasteiger partial charge in [0.05, 0.1) is 24.1 Å². The first-order chi connectivity index (χ1) is 17.2. The van der Waals surface area contributed by atoms with Crippen LogP contribution in [0.15, 0.2) is 28.7 Å². The zero-order chi connectivity index (χ0) is 25.7. The second-order valence-electron chi connectivity index (χ2n) is 8.59. The third kappa shape index (κ3) is 3.80. The van der Waals surface area contributed by atoms with Gasteiger partial charge in [-0.15, -0.1) is 0 Å². The van der Waals surface area contributed by atoms with Gasteiger partial charge in [-0.2, -0.15) is 0 Å². The van der Waals surface area contributed by atoms with Crippen LogP contribution in [0, 0.1) is 12.7 Å². The molecule has 1 aromatic carbocycles.